The van der Waals surface area contributed by atoms with Gasteiger partial charge >= 0.3 is 12.1 Å². The summed E-state index contributed by atoms with van der Waals surface area (Å²) in [4.78, 5) is 9.37. The third-order valence-corrected chi connectivity index (χ3v) is 0.822. The lowest BCUT2D eigenvalue weighted by Crippen LogP contribution is -2.44. The normalized spacial score (nSPS) is 12.8. The highest BCUT2D eigenvalue weighted by Crippen LogP contribution is 2.34. The molecule has 1 amide bonds. The summed E-state index contributed by atoms with van der Waals surface area (Å²) in [6.07, 6.45) is -5.83. The maximum atomic E-state index is 11.8. The van der Waals surface area contributed by atoms with E-state index in [-0.39, 0.29) is 6.41 Å². The lowest BCUT2D eigenvalue weighted by molar-refractivity contribution is -0.278. The van der Waals surface area contributed by atoms with E-state index >= 15 is 0 Å². The first kappa shape index (κ1) is 10.1. The van der Waals surface area contributed by atoms with Crippen LogP contribution >= 0.6 is 0 Å². The van der Waals surface area contributed by atoms with Crippen LogP contribution in [-0.2, 0) is 4.79 Å². The van der Waals surface area contributed by atoms with E-state index in [1.165, 1.54) is 5.32 Å². The molecule has 66 valence electrons. The molecule has 0 bridgehead atoms. The number of rotatable bonds is 3. The van der Waals surface area contributed by atoms with Gasteiger partial charge in [-0.25, -0.2) is 0 Å². The van der Waals surface area contributed by atoms with Crippen LogP contribution in [0.4, 0.5) is 22.0 Å². The average Bonchev–Trinajstić information content (AvgIpc) is 1.81. The van der Waals surface area contributed by atoms with E-state index in [4.69, 9.17) is 0 Å². The second-order valence-corrected chi connectivity index (χ2v) is 1.70. The SMILES string of the molecule is O=CNCC(F)(F)C(F)(F)F. The highest BCUT2D eigenvalue weighted by molar-refractivity contribution is 5.46. The highest BCUT2D eigenvalue weighted by Gasteiger charge is 2.57. The number of hydrogen-bond acceptors (Lipinski definition) is 1. The molecule has 0 radical (unpaired) electrons. The molecule has 0 aliphatic carbocycles. The van der Waals surface area contributed by atoms with E-state index < -0.39 is 18.6 Å². The van der Waals surface area contributed by atoms with E-state index in [9.17, 15) is 26.7 Å². The highest BCUT2D eigenvalue weighted by atomic mass is 19.4. The van der Waals surface area contributed by atoms with Crippen molar-refractivity contribution in [2.45, 2.75) is 12.1 Å². The first-order valence-electron chi connectivity index (χ1n) is 2.43. The van der Waals surface area contributed by atoms with Crippen molar-refractivity contribution >= 4 is 6.41 Å². The molecule has 0 rings (SSSR count). The van der Waals surface area contributed by atoms with Crippen molar-refractivity contribution in [1.29, 1.82) is 0 Å². The first-order chi connectivity index (χ1) is 4.81. The van der Waals surface area contributed by atoms with Crippen LogP contribution < -0.4 is 5.32 Å². The maximum absolute atomic E-state index is 11.8. The number of carbonyl (C=O) groups is 1. The molecule has 11 heavy (non-hydrogen) atoms. The molecule has 0 aromatic heterocycles. The van der Waals surface area contributed by atoms with Crippen molar-refractivity contribution < 1.29 is 26.7 Å². The fourth-order valence-corrected chi connectivity index (χ4v) is 0.270. The van der Waals surface area contributed by atoms with Gasteiger partial charge in [-0.05, 0) is 0 Å². The molecule has 0 unspecified atom stereocenters. The summed E-state index contributed by atoms with van der Waals surface area (Å²) in [6, 6.07) is 0. The number of alkyl halides is 5. The van der Waals surface area contributed by atoms with Crippen molar-refractivity contribution in [2.75, 3.05) is 6.54 Å². The van der Waals surface area contributed by atoms with E-state index in [0.717, 1.165) is 0 Å². The molecule has 0 aromatic carbocycles. The van der Waals surface area contributed by atoms with Gasteiger partial charge in [0, 0.05) is 0 Å². The molecule has 0 atom stereocenters. The smallest absolute Gasteiger partial charge is 0.352 e. The molecule has 0 aliphatic rings. The molecule has 2 nitrogen and oxygen atoms in total. The van der Waals surface area contributed by atoms with Gasteiger partial charge in [-0.3, -0.25) is 4.79 Å². The Morgan fingerprint density at radius 3 is 1.91 bits per heavy atom. The number of carbonyl (C=O) groups excluding carboxylic acids is 1. The average molecular weight is 177 g/mol. The van der Waals surface area contributed by atoms with Crippen LogP contribution in [-0.4, -0.2) is 25.1 Å². The summed E-state index contributed by atoms with van der Waals surface area (Å²) in [7, 11) is 0. The molecule has 0 spiro atoms. The molecule has 0 saturated heterocycles. The molecule has 1 N–H and O–H groups in total. The fraction of sp³-hybridized carbons (Fsp3) is 0.750. The van der Waals surface area contributed by atoms with Crippen molar-refractivity contribution in [3.05, 3.63) is 0 Å². The Kier molecular flexibility index (Phi) is 2.77. The molecular formula is C4H4F5NO. The van der Waals surface area contributed by atoms with Crippen molar-refractivity contribution in [3.8, 4) is 0 Å². The minimum atomic E-state index is -5.61. The van der Waals surface area contributed by atoms with E-state index in [1.807, 2.05) is 0 Å². The first-order valence-corrected chi connectivity index (χ1v) is 2.43. The number of halogens is 5. The summed E-state index contributed by atoms with van der Waals surface area (Å²) in [5.74, 6) is -4.85. The third-order valence-electron chi connectivity index (χ3n) is 0.822. The zero-order valence-corrected chi connectivity index (χ0v) is 5.08. The zero-order valence-electron chi connectivity index (χ0n) is 5.08. The van der Waals surface area contributed by atoms with E-state index in [0.29, 0.717) is 0 Å². The third kappa shape index (κ3) is 2.69. The minimum Gasteiger partial charge on any atom is -0.352 e. The van der Waals surface area contributed by atoms with Crippen LogP contribution in [0.15, 0.2) is 0 Å². The Morgan fingerprint density at radius 2 is 1.64 bits per heavy atom. The molecule has 0 heterocycles. The van der Waals surface area contributed by atoms with Crippen molar-refractivity contribution in [3.63, 3.8) is 0 Å². The van der Waals surface area contributed by atoms with Gasteiger partial charge in [-0.1, -0.05) is 0 Å². The second-order valence-electron chi connectivity index (χ2n) is 1.70. The van der Waals surface area contributed by atoms with Gasteiger partial charge in [0.1, 0.15) is 0 Å². The van der Waals surface area contributed by atoms with Crippen LogP contribution in [0.1, 0.15) is 0 Å². The molecule has 0 fully saturated rings. The Hall–Kier alpha value is -0.880. The standard InChI is InChI=1S/C4H4F5NO/c5-3(6,1-10-2-11)4(7,8)9/h2H,1H2,(H,10,11). The van der Waals surface area contributed by atoms with Crippen LogP contribution in [0.5, 0.6) is 0 Å². The molecule has 0 saturated carbocycles. The molecule has 0 aliphatic heterocycles. The quantitative estimate of drug-likeness (QED) is 0.504. The van der Waals surface area contributed by atoms with Crippen LogP contribution in [0.2, 0.25) is 0 Å². The Balaban J connectivity index is 4.10. The van der Waals surface area contributed by atoms with Crippen molar-refractivity contribution in [1.82, 2.24) is 5.32 Å². The van der Waals surface area contributed by atoms with Gasteiger partial charge in [0.15, 0.2) is 0 Å². The largest absolute Gasteiger partial charge is 0.455 e. The topological polar surface area (TPSA) is 29.1 Å². The molecular weight excluding hydrogens is 173 g/mol. The van der Waals surface area contributed by atoms with Crippen LogP contribution in [0, 0.1) is 0 Å². The van der Waals surface area contributed by atoms with Gasteiger partial charge in [0.2, 0.25) is 6.41 Å². The second kappa shape index (κ2) is 3.02. The Morgan fingerprint density at radius 1 is 1.18 bits per heavy atom. The monoisotopic (exact) mass is 177 g/mol. The summed E-state index contributed by atoms with van der Waals surface area (Å²) >= 11 is 0. The minimum absolute atomic E-state index is 0.223. The van der Waals surface area contributed by atoms with E-state index in [2.05, 4.69) is 0 Å². The van der Waals surface area contributed by atoms with Crippen LogP contribution in [0.3, 0.4) is 0 Å². The Bertz CT molecular complexity index is 142. The van der Waals surface area contributed by atoms with Gasteiger partial charge in [0.25, 0.3) is 0 Å². The van der Waals surface area contributed by atoms with Gasteiger partial charge in [-0.2, -0.15) is 22.0 Å². The number of nitrogens with one attached hydrogen (secondary N) is 1. The number of hydrogen-bond donors (Lipinski definition) is 1. The Labute approximate surface area is 58.4 Å². The lowest BCUT2D eigenvalue weighted by atomic mass is 10.3. The molecule has 7 heteroatoms. The summed E-state index contributed by atoms with van der Waals surface area (Å²) in [5.41, 5.74) is 0. The number of amides is 1. The van der Waals surface area contributed by atoms with Crippen LogP contribution in [0.25, 0.3) is 0 Å². The van der Waals surface area contributed by atoms with Gasteiger partial charge in [0.05, 0.1) is 6.54 Å². The van der Waals surface area contributed by atoms with Gasteiger partial charge in [-0.15, -0.1) is 0 Å². The summed E-state index contributed by atoms with van der Waals surface area (Å²) in [5, 5.41) is 1.24. The maximum Gasteiger partial charge on any atom is 0.455 e. The fourth-order valence-electron chi connectivity index (χ4n) is 0.270. The van der Waals surface area contributed by atoms with Gasteiger partial charge < -0.3 is 5.32 Å². The van der Waals surface area contributed by atoms with E-state index in [1.54, 1.807) is 0 Å². The summed E-state index contributed by atoms with van der Waals surface area (Å²) in [6.45, 7) is -1.72. The zero-order chi connectivity index (χ0) is 9.12. The predicted molar refractivity (Wildman–Crippen MR) is 25.1 cm³/mol. The molecule has 0 aromatic rings. The summed E-state index contributed by atoms with van der Waals surface area (Å²) < 4.78 is 57.3. The predicted octanol–water partition coefficient (Wildman–Crippen LogP) is 0.930. The lowest BCUT2D eigenvalue weighted by Gasteiger charge is -2.18. The van der Waals surface area contributed by atoms with Crippen molar-refractivity contribution in [2.24, 2.45) is 0 Å².